The topological polar surface area (TPSA) is 160 Å². The maximum Gasteiger partial charge on any atom is 0.348 e. The smallest absolute Gasteiger partial charge is 0.348 e. The number of hydrogen-bond acceptors (Lipinski definition) is 10. The summed E-state index contributed by atoms with van der Waals surface area (Å²) in [4.78, 5) is 25.9. The van der Waals surface area contributed by atoms with Crippen LogP contribution in [0, 0.1) is 5.41 Å². The van der Waals surface area contributed by atoms with Crippen LogP contribution in [-0.2, 0) is 30.5 Å². The predicted molar refractivity (Wildman–Crippen MR) is 161 cm³/mol. The molecule has 2 N–H and O–H groups in total. The average molecular weight is 622 g/mol. The molecular formula is C26H32N5O7PS2. The van der Waals surface area contributed by atoms with E-state index in [0.29, 0.717) is 16.3 Å². The van der Waals surface area contributed by atoms with Crippen molar-refractivity contribution in [2.75, 3.05) is 22.5 Å². The van der Waals surface area contributed by atoms with Crippen LogP contribution in [0.4, 0.5) is 11.4 Å². The molecule has 0 saturated carbocycles. The number of aromatic hydroxyl groups is 1. The van der Waals surface area contributed by atoms with Gasteiger partial charge in [0.15, 0.2) is 11.6 Å². The fourth-order valence-electron chi connectivity index (χ4n) is 4.28. The lowest BCUT2D eigenvalue weighted by Gasteiger charge is -2.27. The molecule has 1 aromatic carbocycles. The average Bonchev–Trinajstić information content (AvgIpc) is 3.37. The molecule has 1 aliphatic rings. The number of amidine groups is 1. The maximum absolute atomic E-state index is 14.2. The Morgan fingerprint density at radius 2 is 1.98 bits per heavy atom. The Bertz CT molecular complexity index is 1740. The standard InChI is InChI=1S/C26H32N5O7PS2/c1-7-38-39(35)20-14-18(31(16(2)32)41(6,36)37)8-9-19(20)27-24(29-39)21-23(33)22(17-10-13-40-15-17)28-30(25(21)34)12-11-26(3,4)5/h8-10,13-15,33H,7,11-12H2,1-6H3,(H,27,29,35). The summed E-state index contributed by atoms with van der Waals surface area (Å²) >= 11 is 1.40. The van der Waals surface area contributed by atoms with Crippen LogP contribution < -0.4 is 20.5 Å². The second-order valence-corrected chi connectivity index (χ2v) is 15.3. The minimum absolute atomic E-state index is 0.00941. The number of benzene rings is 1. The number of fused-ring (bicyclic) bond motifs is 1. The Balaban J connectivity index is 1.93. The first-order valence-electron chi connectivity index (χ1n) is 12.7. The van der Waals surface area contributed by atoms with Crippen molar-refractivity contribution in [1.29, 1.82) is 0 Å². The van der Waals surface area contributed by atoms with Crippen LogP contribution in [0.3, 0.4) is 0 Å². The van der Waals surface area contributed by atoms with Gasteiger partial charge >= 0.3 is 7.52 Å². The molecule has 4 rings (SSSR count). The molecule has 12 nitrogen and oxygen atoms in total. The Labute approximate surface area is 242 Å². The van der Waals surface area contributed by atoms with E-state index in [1.54, 1.807) is 18.4 Å². The zero-order chi connectivity index (χ0) is 30.3. The van der Waals surface area contributed by atoms with Crippen LogP contribution in [0.25, 0.3) is 11.3 Å². The number of aromatic nitrogens is 2. The molecule has 0 fully saturated rings. The van der Waals surface area contributed by atoms with Gasteiger partial charge in [-0.05, 0) is 48.4 Å². The molecule has 0 radical (unpaired) electrons. The summed E-state index contributed by atoms with van der Waals surface area (Å²) in [6.07, 6.45) is 1.50. The molecule has 3 aromatic rings. The molecule has 15 heteroatoms. The van der Waals surface area contributed by atoms with E-state index in [1.165, 1.54) is 34.2 Å². The van der Waals surface area contributed by atoms with Gasteiger partial charge in [0.2, 0.25) is 15.9 Å². The maximum atomic E-state index is 14.2. The first-order valence-corrected chi connectivity index (χ1v) is 17.1. The first-order chi connectivity index (χ1) is 19.1. The lowest BCUT2D eigenvalue weighted by molar-refractivity contribution is -0.115. The molecule has 0 bridgehead atoms. The minimum atomic E-state index is -4.13. The van der Waals surface area contributed by atoms with Crippen LogP contribution in [0.1, 0.15) is 46.6 Å². The Hall–Kier alpha value is -3.32. The number of anilines is 2. The van der Waals surface area contributed by atoms with Gasteiger partial charge in [-0.25, -0.2) is 17.4 Å². The number of carbonyl (C=O) groups excluding carboxylic acids is 1. The summed E-state index contributed by atoms with van der Waals surface area (Å²) in [6, 6.07) is 5.79. The van der Waals surface area contributed by atoms with Gasteiger partial charge in [0.05, 0.1) is 29.5 Å². The zero-order valence-corrected chi connectivity index (χ0v) is 26.1. The normalized spacial score (nSPS) is 17.0. The number of thiophene rings is 1. The van der Waals surface area contributed by atoms with Crippen molar-refractivity contribution in [1.82, 2.24) is 9.78 Å². The summed E-state index contributed by atoms with van der Waals surface area (Å²) in [5, 5.41) is 22.3. The third-order valence-electron chi connectivity index (χ3n) is 6.16. The number of amides is 1. The van der Waals surface area contributed by atoms with E-state index in [0.717, 1.165) is 13.2 Å². The summed E-state index contributed by atoms with van der Waals surface area (Å²) < 4.78 is 50.6. The molecule has 41 heavy (non-hydrogen) atoms. The largest absolute Gasteiger partial charge is 0.505 e. The van der Waals surface area contributed by atoms with Crippen LogP contribution in [-0.4, -0.2) is 47.9 Å². The van der Waals surface area contributed by atoms with Crippen molar-refractivity contribution in [2.45, 2.75) is 47.6 Å². The van der Waals surface area contributed by atoms with Gasteiger partial charge in [0.25, 0.3) is 5.56 Å². The van der Waals surface area contributed by atoms with Crippen molar-refractivity contribution in [3.8, 4) is 17.0 Å². The molecule has 0 saturated heterocycles. The van der Waals surface area contributed by atoms with E-state index in [-0.39, 0.29) is 52.3 Å². The third-order valence-corrected chi connectivity index (χ3v) is 10.0. The van der Waals surface area contributed by atoms with Gasteiger partial charge in [0.1, 0.15) is 11.3 Å². The van der Waals surface area contributed by atoms with E-state index in [9.17, 15) is 27.7 Å². The molecule has 2 aromatic heterocycles. The molecule has 3 heterocycles. The van der Waals surface area contributed by atoms with Crippen molar-refractivity contribution in [3.05, 3.63) is 50.9 Å². The van der Waals surface area contributed by atoms with Crippen molar-refractivity contribution < 1.29 is 27.4 Å². The van der Waals surface area contributed by atoms with E-state index in [2.05, 4.69) is 15.2 Å². The summed E-state index contributed by atoms with van der Waals surface area (Å²) in [5.41, 5.74) is -0.0545. The van der Waals surface area contributed by atoms with Crippen LogP contribution in [0.15, 0.2) is 44.6 Å². The fraction of sp³-hybridized carbons (Fsp3) is 0.385. The lowest BCUT2D eigenvalue weighted by atomic mass is 9.92. The number of hydrogen-bond donors (Lipinski definition) is 2. The van der Waals surface area contributed by atoms with Crippen LogP contribution in [0.2, 0.25) is 0 Å². The lowest BCUT2D eigenvalue weighted by Crippen LogP contribution is -2.36. The molecule has 0 aliphatic carbocycles. The molecule has 1 atom stereocenters. The summed E-state index contributed by atoms with van der Waals surface area (Å²) in [5.74, 6) is -1.38. The second kappa shape index (κ2) is 11.2. The predicted octanol–water partition coefficient (Wildman–Crippen LogP) is 4.15. The second-order valence-electron chi connectivity index (χ2n) is 10.7. The molecule has 1 amide bonds. The number of rotatable bonds is 8. The highest BCUT2D eigenvalue weighted by Gasteiger charge is 2.37. The van der Waals surface area contributed by atoms with E-state index < -0.39 is 34.8 Å². The summed E-state index contributed by atoms with van der Waals surface area (Å²) in [6.45, 7) is 9.04. The van der Waals surface area contributed by atoms with E-state index in [1.807, 2.05) is 26.2 Å². The molecule has 0 spiro atoms. The molecule has 1 unspecified atom stereocenters. The Kier molecular flexibility index (Phi) is 8.34. The van der Waals surface area contributed by atoms with Crippen molar-refractivity contribution in [2.24, 2.45) is 10.2 Å². The van der Waals surface area contributed by atoms with Gasteiger partial charge in [-0.15, -0.1) is 0 Å². The van der Waals surface area contributed by atoms with Gasteiger partial charge in [0, 0.05) is 24.4 Å². The number of nitrogens with zero attached hydrogens (tertiary/aromatic N) is 4. The highest BCUT2D eigenvalue weighted by molar-refractivity contribution is 7.92. The third kappa shape index (κ3) is 6.30. The monoisotopic (exact) mass is 621 g/mol. The molecule has 220 valence electrons. The van der Waals surface area contributed by atoms with Gasteiger partial charge in [-0.3, -0.25) is 14.2 Å². The molecular weight excluding hydrogens is 589 g/mol. The quantitative estimate of drug-likeness (QED) is 0.352. The fourth-order valence-corrected chi connectivity index (χ4v) is 7.68. The van der Waals surface area contributed by atoms with Crippen LogP contribution in [0.5, 0.6) is 5.75 Å². The number of aryl methyl sites for hydroxylation is 1. The van der Waals surface area contributed by atoms with Gasteiger partial charge < -0.3 is 14.9 Å². The first kappa shape index (κ1) is 30.6. The van der Waals surface area contributed by atoms with Gasteiger partial charge in [-0.1, -0.05) is 20.8 Å². The number of carbonyl (C=O) groups is 1. The highest BCUT2D eigenvalue weighted by atomic mass is 32.2. The molecule has 1 aliphatic heterocycles. The number of sulfonamides is 1. The highest BCUT2D eigenvalue weighted by Crippen LogP contribution is 2.52. The Morgan fingerprint density at radius 1 is 1.27 bits per heavy atom. The summed E-state index contributed by atoms with van der Waals surface area (Å²) in [7, 11) is -8.12. The van der Waals surface area contributed by atoms with Crippen molar-refractivity contribution >= 4 is 57.3 Å². The van der Waals surface area contributed by atoms with E-state index in [4.69, 9.17) is 4.52 Å². The zero-order valence-electron chi connectivity index (χ0n) is 23.5. The SMILES string of the molecule is CCOP1(=O)N=C(c2c(O)c(-c3ccsc3)nn(CCC(C)(C)C)c2=O)Nc2ccc(N(C(C)=O)S(C)(=O)=O)cc21. The number of nitrogens with one attached hydrogen (secondary N) is 1. The van der Waals surface area contributed by atoms with E-state index >= 15 is 0 Å². The van der Waals surface area contributed by atoms with Crippen molar-refractivity contribution in [3.63, 3.8) is 0 Å². The van der Waals surface area contributed by atoms with Gasteiger partial charge in [-0.2, -0.15) is 21.2 Å². The van der Waals surface area contributed by atoms with Crippen LogP contribution >= 0.6 is 18.9 Å². The minimum Gasteiger partial charge on any atom is -0.505 e. The Morgan fingerprint density at radius 3 is 2.54 bits per heavy atom.